The first-order chi connectivity index (χ1) is 8.26. The van der Waals surface area contributed by atoms with Gasteiger partial charge in [-0.3, -0.25) is 0 Å². The Bertz CT molecular complexity index is 413. The lowest BCUT2D eigenvalue weighted by Crippen LogP contribution is -2.38. The van der Waals surface area contributed by atoms with Crippen LogP contribution in [0.25, 0.3) is 0 Å². The highest BCUT2D eigenvalue weighted by Crippen LogP contribution is 2.13. The second kappa shape index (κ2) is 6.23. The number of carbonyl (C=O) groups is 1. The zero-order chi connectivity index (χ0) is 13.8. The van der Waals surface area contributed by atoms with Gasteiger partial charge < -0.3 is 10.1 Å². The van der Waals surface area contributed by atoms with Gasteiger partial charge >= 0.3 is 6.09 Å². The number of halogens is 1. The third kappa shape index (κ3) is 6.05. The largest absolute Gasteiger partial charge is 0.444 e. The molecule has 1 amide bonds. The first kappa shape index (κ1) is 15.0. The predicted molar refractivity (Wildman–Crippen MR) is 76.7 cm³/mol. The Morgan fingerprint density at radius 3 is 2.67 bits per heavy atom. The molecule has 0 bridgehead atoms. The molecule has 0 saturated carbocycles. The topological polar surface area (TPSA) is 38.3 Å². The van der Waals surface area contributed by atoms with Gasteiger partial charge in [0.15, 0.2) is 0 Å². The van der Waals surface area contributed by atoms with Crippen LogP contribution in [0.15, 0.2) is 28.7 Å². The Kier molecular flexibility index (Phi) is 5.20. The third-order valence-corrected chi connectivity index (χ3v) is 2.69. The number of hydrogen-bond donors (Lipinski definition) is 1. The molecule has 0 aliphatic heterocycles. The van der Waals surface area contributed by atoms with Crippen molar-refractivity contribution in [1.29, 1.82) is 0 Å². The van der Waals surface area contributed by atoms with Gasteiger partial charge in [-0.2, -0.15) is 0 Å². The molecule has 1 aromatic rings. The molecule has 100 valence electrons. The van der Waals surface area contributed by atoms with Crippen molar-refractivity contribution < 1.29 is 9.53 Å². The zero-order valence-corrected chi connectivity index (χ0v) is 12.9. The summed E-state index contributed by atoms with van der Waals surface area (Å²) in [4.78, 5) is 11.6. The van der Waals surface area contributed by atoms with Crippen LogP contribution in [-0.2, 0) is 11.2 Å². The van der Waals surface area contributed by atoms with Crippen LogP contribution in [-0.4, -0.2) is 17.7 Å². The first-order valence-electron chi connectivity index (χ1n) is 6.00. The predicted octanol–water partition coefficient (Wildman–Crippen LogP) is 3.90. The summed E-state index contributed by atoms with van der Waals surface area (Å²) < 4.78 is 6.26. The number of amides is 1. The molecule has 4 heteroatoms. The highest BCUT2D eigenvalue weighted by molar-refractivity contribution is 9.10. The second-order valence-corrected chi connectivity index (χ2v) is 6.30. The lowest BCUT2D eigenvalue weighted by atomic mass is 10.1. The van der Waals surface area contributed by atoms with Gasteiger partial charge in [-0.05, 0) is 51.8 Å². The summed E-state index contributed by atoms with van der Waals surface area (Å²) >= 11 is 3.43. The molecule has 1 aromatic carbocycles. The van der Waals surface area contributed by atoms with Crippen LogP contribution in [0.3, 0.4) is 0 Å². The molecule has 0 spiro atoms. The van der Waals surface area contributed by atoms with Gasteiger partial charge in [-0.25, -0.2) is 4.79 Å². The summed E-state index contributed by atoms with van der Waals surface area (Å²) in [5.74, 6) is 0. The lowest BCUT2D eigenvalue weighted by Gasteiger charge is -2.22. The van der Waals surface area contributed by atoms with Gasteiger partial charge in [0.1, 0.15) is 5.60 Å². The Balaban J connectivity index is 2.47. The van der Waals surface area contributed by atoms with E-state index < -0.39 is 5.60 Å². The van der Waals surface area contributed by atoms with Gasteiger partial charge in [0.25, 0.3) is 0 Å². The molecule has 0 aliphatic rings. The summed E-state index contributed by atoms with van der Waals surface area (Å²) in [5.41, 5.74) is 0.715. The summed E-state index contributed by atoms with van der Waals surface area (Å²) in [5, 5.41) is 2.83. The lowest BCUT2D eigenvalue weighted by molar-refractivity contribution is 0.0508. The van der Waals surface area contributed by atoms with Gasteiger partial charge in [-0.1, -0.05) is 28.1 Å². The van der Waals surface area contributed by atoms with Crippen LogP contribution >= 0.6 is 15.9 Å². The van der Waals surface area contributed by atoms with E-state index in [-0.39, 0.29) is 12.1 Å². The SMILES string of the molecule is C[C@@H](Cc1cccc(Br)c1)NC(=O)OC(C)(C)C. The van der Waals surface area contributed by atoms with E-state index in [1.165, 1.54) is 5.56 Å². The average Bonchev–Trinajstić information content (AvgIpc) is 2.13. The number of ether oxygens (including phenoxy) is 1. The molecule has 18 heavy (non-hydrogen) atoms. The minimum atomic E-state index is -0.459. The average molecular weight is 314 g/mol. The van der Waals surface area contributed by atoms with E-state index >= 15 is 0 Å². The van der Waals surface area contributed by atoms with Gasteiger partial charge in [-0.15, -0.1) is 0 Å². The van der Waals surface area contributed by atoms with Crippen molar-refractivity contribution in [2.75, 3.05) is 0 Å². The normalized spacial score (nSPS) is 12.9. The molecule has 0 radical (unpaired) electrons. The molecule has 0 aromatic heterocycles. The monoisotopic (exact) mass is 313 g/mol. The van der Waals surface area contributed by atoms with Crippen LogP contribution in [0.5, 0.6) is 0 Å². The molecular formula is C14H20BrNO2. The zero-order valence-electron chi connectivity index (χ0n) is 11.3. The van der Waals surface area contributed by atoms with E-state index in [0.29, 0.717) is 0 Å². The molecule has 0 heterocycles. The van der Waals surface area contributed by atoms with Crippen molar-refractivity contribution in [3.63, 3.8) is 0 Å². The smallest absolute Gasteiger partial charge is 0.407 e. The first-order valence-corrected chi connectivity index (χ1v) is 6.79. The summed E-state index contributed by atoms with van der Waals surface area (Å²) in [6, 6.07) is 8.09. The van der Waals surface area contributed by atoms with Crippen molar-refractivity contribution in [3.8, 4) is 0 Å². The Morgan fingerprint density at radius 2 is 2.11 bits per heavy atom. The van der Waals surface area contributed by atoms with E-state index in [0.717, 1.165) is 10.9 Å². The maximum atomic E-state index is 11.6. The number of nitrogens with one attached hydrogen (secondary N) is 1. The van der Waals surface area contributed by atoms with Crippen molar-refractivity contribution in [3.05, 3.63) is 34.3 Å². The van der Waals surface area contributed by atoms with Crippen molar-refractivity contribution in [2.24, 2.45) is 0 Å². The van der Waals surface area contributed by atoms with Crippen LogP contribution < -0.4 is 5.32 Å². The minimum absolute atomic E-state index is 0.0362. The fourth-order valence-corrected chi connectivity index (χ4v) is 2.02. The molecule has 1 rings (SSSR count). The number of alkyl carbamates (subject to hydrolysis) is 1. The van der Waals surface area contributed by atoms with Crippen LogP contribution in [0.1, 0.15) is 33.3 Å². The van der Waals surface area contributed by atoms with E-state index in [1.807, 2.05) is 52.0 Å². The van der Waals surface area contributed by atoms with E-state index in [2.05, 4.69) is 21.2 Å². The van der Waals surface area contributed by atoms with Crippen molar-refractivity contribution in [2.45, 2.75) is 45.8 Å². The number of benzene rings is 1. The number of rotatable bonds is 3. The van der Waals surface area contributed by atoms with Crippen molar-refractivity contribution in [1.82, 2.24) is 5.32 Å². The van der Waals surface area contributed by atoms with Crippen LogP contribution in [0, 0.1) is 0 Å². The summed E-state index contributed by atoms with van der Waals surface area (Å²) in [6.07, 6.45) is 0.406. The molecule has 0 fully saturated rings. The third-order valence-electron chi connectivity index (χ3n) is 2.19. The molecule has 0 saturated heterocycles. The highest BCUT2D eigenvalue weighted by atomic mass is 79.9. The van der Waals surface area contributed by atoms with E-state index in [4.69, 9.17) is 4.74 Å². The Hall–Kier alpha value is -1.03. The van der Waals surface area contributed by atoms with Gasteiger partial charge in [0.05, 0.1) is 0 Å². The Labute approximate surface area is 117 Å². The fourth-order valence-electron chi connectivity index (χ4n) is 1.58. The van der Waals surface area contributed by atoms with Crippen LogP contribution in [0.2, 0.25) is 0 Å². The minimum Gasteiger partial charge on any atom is -0.444 e. The molecule has 1 N–H and O–H groups in total. The molecule has 3 nitrogen and oxygen atoms in total. The summed E-state index contributed by atoms with van der Waals surface area (Å²) in [7, 11) is 0. The van der Waals surface area contributed by atoms with Crippen LogP contribution in [0.4, 0.5) is 4.79 Å². The standard InChI is InChI=1S/C14H20BrNO2/c1-10(16-13(17)18-14(2,3)4)8-11-6-5-7-12(15)9-11/h5-7,9-10H,8H2,1-4H3,(H,16,17)/t10-/m0/s1. The highest BCUT2D eigenvalue weighted by Gasteiger charge is 2.17. The number of carbonyl (C=O) groups excluding carboxylic acids is 1. The quantitative estimate of drug-likeness (QED) is 0.919. The Morgan fingerprint density at radius 1 is 1.44 bits per heavy atom. The van der Waals surface area contributed by atoms with E-state index in [9.17, 15) is 4.79 Å². The molecule has 1 atom stereocenters. The van der Waals surface area contributed by atoms with Crippen molar-refractivity contribution >= 4 is 22.0 Å². The molecule has 0 aliphatic carbocycles. The molecular weight excluding hydrogens is 294 g/mol. The maximum absolute atomic E-state index is 11.6. The second-order valence-electron chi connectivity index (χ2n) is 5.38. The molecule has 0 unspecified atom stereocenters. The summed E-state index contributed by atoms with van der Waals surface area (Å²) in [6.45, 7) is 7.52. The maximum Gasteiger partial charge on any atom is 0.407 e. The van der Waals surface area contributed by atoms with Gasteiger partial charge in [0.2, 0.25) is 0 Å². The number of hydrogen-bond acceptors (Lipinski definition) is 2. The van der Waals surface area contributed by atoms with E-state index in [1.54, 1.807) is 0 Å². The van der Waals surface area contributed by atoms with Gasteiger partial charge in [0, 0.05) is 10.5 Å². The fraction of sp³-hybridized carbons (Fsp3) is 0.500.